The Morgan fingerprint density at radius 1 is 1.10 bits per heavy atom. The number of hydrogen-bond acceptors (Lipinski definition) is 5. The van der Waals surface area contributed by atoms with Crippen LogP contribution in [0.2, 0.25) is 0 Å². The van der Waals surface area contributed by atoms with Gasteiger partial charge >= 0.3 is 0 Å². The van der Waals surface area contributed by atoms with Crippen molar-refractivity contribution in [1.82, 2.24) is 15.5 Å². The molecule has 6 heteroatoms. The van der Waals surface area contributed by atoms with Crippen molar-refractivity contribution in [1.29, 1.82) is 0 Å². The van der Waals surface area contributed by atoms with Crippen LogP contribution in [0.1, 0.15) is 20.8 Å². The molecule has 1 aliphatic heterocycles. The van der Waals surface area contributed by atoms with Crippen molar-refractivity contribution in [3.63, 3.8) is 0 Å². The van der Waals surface area contributed by atoms with E-state index in [0.717, 1.165) is 39.3 Å². The smallest absolute Gasteiger partial charge is 0.225 e. The number of carbonyl (C=O) groups is 1. The van der Waals surface area contributed by atoms with Crippen molar-refractivity contribution in [3.8, 4) is 0 Å². The number of piperazine rings is 1. The van der Waals surface area contributed by atoms with Crippen molar-refractivity contribution in [2.24, 2.45) is 5.41 Å². The summed E-state index contributed by atoms with van der Waals surface area (Å²) in [6.45, 7) is 14.1. The molecule has 1 aliphatic rings. The van der Waals surface area contributed by atoms with Crippen LogP contribution in [0.4, 0.5) is 0 Å². The first-order valence-corrected chi connectivity index (χ1v) is 7.87. The van der Waals surface area contributed by atoms with Gasteiger partial charge in [0.25, 0.3) is 0 Å². The molecule has 124 valence electrons. The highest BCUT2D eigenvalue weighted by Crippen LogP contribution is 2.11. The van der Waals surface area contributed by atoms with E-state index in [2.05, 4.69) is 15.5 Å². The highest BCUT2D eigenvalue weighted by atomic mass is 16.5. The van der Waals surface area contributed by atoms with Crippen molar-refractivity contribution in [3.05, 3.63) is 0 Å². The number of ether oxygens (including phenoxy) is 2. The molecule has 1 rings (SSSR count). The Labute approximate surface area is 128 Å². The predicted octanol–water partition coefficient (Wildman–Crippen LogP) is 0.0871. The zero-order valence-corrected chi connectivity index (χ0v) is 13.7. The highest BCUT2D eigenvalue weighted by Gasteiger charge is 2.20. The molecule has 21 heavy (non-hydrogen) atoms. The molecule has 0 spiro atoms. The molecule has 0 radical (unpaired) electrons. The first-order chi connectivity index (χ1) is 10.00. The maximum absolute atomic E-state index is 11.6. The first-order valence-electron chi connectivity index (χ1n) is 7.87. The molecule has 0 aromatic rings. The summed E-state index contributed by atoms with van der Waals surface area (Å²) in [5.41, 5.74) is -0.340. The summed E-state index contributed by atoms with van der Waals surface area (Å²) < 4.78 is 11.0. The molecule has 1 fully saturated rings. The van der Waals surface area contributed by atoms with Crippen molar-refractivity contribution < 1.29 is 14.3 Å². The van der Waals surface area contributed by atoms with E-state index in [1.54, 1.807) is 0 Å². The zero-order chi connectivity index (χ0) is 15.6. The molecule has 0 atom stereocenters. The Balaban J connectivity index is 1.83. The molecule has 2 N–H and O–H groups in total. The van der Waals surface area contributed by atoms with Gasteiger partial charge in [0.1, 0.15) is 0 Å². The van der Waals surface area contributed by atoms with Crippen LogP contribution in [0.15, 0.2) is 0 Å². The van der Waals surface area contributed by atoms with Crippen LogP contribution in [-0.2, 0) is 14.3 Å². The van der Waals surface area contributed by atoms with E-state index < -0.39 is 0 Å². The average molecular weight is 301 g/mol. The normalized spacial score (nSPS) is 16.9. The van der Waals surface area contributed by atoms with Crippen LogP contribution >= 0.6 is 0 Å². The summed E-state index contributed by atoms with van der Waals surface area (Å²) in [6, 6.07) is 0. The van der Waals surface area contributed by atoms with Gasteiger partial charge in [-0.05, 0) is 0 Å². The second-order valence-electron chi connectivity index (χ2n) is 6.32. The molecule has 0 unspecified atom stereocenters. The first kappa shape index (κ1) is 18.4. The third kappa shape index (κ3) is 9.03. The third-order valence-corrected chi connectivity index (χ3v) is 3.35. The number of rotatable bonds is 9. The Bertz CT molecular complexity index is 286. The summed E-state index contributed by atoms with van der Waals surface area (Å²) in [5, 5.41) is 6.18. The minimum absolute atomic E-state index is 0.0540. The predicted molar refractivity (Wildman–Crippen MR) is 83.4 cm³/mol. The lowest BCUT2D eigenvalue weighted by Gasteiger charge is -2.26. The number of carbonyl (C=O) groups excluding carboxylic acids is 1. The van der Waals surface area contributed by atoms with Crippen molar-refractivity contribution >= 4 is 5.91 Å². The summed E-state index contributed by atoms with van der Waals surface area (Å²) in [4.78, 5) is 14.0. The lowest BCUT2D eigenvalue weighted by atomic mass is 9.96. The molecule has 1 heterocycles. The molecule has 1 amide bonds. The fourth-order valence-corrected chi connectivity index (χ4v) is 1.95. The van der Waals surface area contributed by atoms with Crippen LogP contribution in [0.5, 0.6) is 0 Å². The number of hydrogen-bond donors (Lipinski definition) is 2. The molecule has 0 aromatic carbocycles. The zero-order valence-electron chi connectivity index (χ0n) is 13.7. The largest absolute Gasteiger partial charge is 0.378 e. The van der Waals surface area contributed by atoms with Crippen LogP contribution in [0.3, 0.4) is 0 Å². The van der Waals surface area contributed by atoms with Gasteiger partial charge in [-0.2, -0.15) is 0 Å². The molecule has 6 nitrogen and oxygen atoms in total. The fourth-order valence-electron chi connectivity index (χ4n) is 1.95. The summed E-state index contributed by atoms with van der Waals surface area (Å²) in [7, 11) is 0. The van der Waals surface area contributed by atoms with Gasteiger partial charge in [-0.3, -0.25) is 9.69 Å². The molecule has 0 aromatic heterocycles. The van der Waals surface area contributed by atoms with Crippen LogP contribution in [0, 0.1) is 5.41 Å². The Hall–Kier alpha value is -0.690. The summed E-state index contributed by atoms with van der Waals surface area (Å²) in [6.07, 6.45) is 0. The van der Waals surface area contributed by atoms with Gasteiger partial charge in [-0.25, -0.2) is 0 Å². The molecule has 0 aliphatic carbocycles. The molecular formula is C15H31N3O3. The van der Waals surface area contributed by atoms with Gasteiger partial charge in [0, 0.05) is 44.7 Å². The van der Waals surface area contributed by atoms with Crippen LogP contribution < -0.4 is 10.6 Å². The number of nitrogens with one attached hydrogen (secondary N) is 2. The van der Waals surface area contributed by atoms with E-state index in [1.807, 2.05) is 20.8 Å². The van der Waals surface area contributed by atoms with Gasteiger partial charge in [0.05, 0.1) is 26.4 Å². The van der Waals surface area contributed by atoms with E-state index in [1.165, 1.54) is 0 Å². The quantitative estimate of drug-likeness (QED) is 0.591. The Morgan fingerprint density at radius 2 is 1.71 bits per heavy atom. The monoisotopic (exact) mass is 301 g/mol. The number of nitrogens with zero attached hydrogens (tertiary/aromatic N) is 1. The van der Waals surface area contributed by atoms with Gasteiger partial charge in [-0.15, -0.1) is 0 Å². The van der Waals surface area contributed by atoms with Crippen molar-refractivity contribution in [2.45, 2.75) is 20.8 Å². The second kappa shape index (κ2) is 10.1. The van der Waals surface area contributed by atoms with Gasteiger partial charge in [0.2, 0.25) is 5.91 Å². The van der Waals surface area contributed by atoms with Crippen LogP contribution in [0.25, 0.3) is 0 Å². The SMILES string of the molecule is CC(C)(C)C(=O)NCCOCCOCCN1CCNCC1. The fraction of sp³-hybridized carbons (Fsp3) is 0.933. The summed E-state index contributed by atoms with van der Waals surface area (Å²) >= 11 is 0. The second-order valence-corrected chi connectivity index (χ2v) is 6.32. The maximum atomic E-state index is 11.6. The molecule has 0 saturated carbocycles. The van der Waals surface area contributed by atoms with Gasteiger partial charge < -0.3 is 20.1 Å². The Kier molecular flexibility index (Phi) is 8.84. The standard InChI is InChI=1S/C15H31N3O3/c1-15(2,3)14(19)17-6-10-20-12-13-21-11-9-18-7-4-16-5-8-18/h16H,4-13H2,1-3H3,(H,17,19). The topological polar surface area (TPSA) is 62.8 Å². The maximum Gasteiger partial charge on any atom is 0.225 e. The highest BCUT2D eigenvalue weighted by molar-refractivity contribution is 5.81. The van der Waals surface area contributed by atoms with E-state index in [4.69, 9.17) is 9.47 Å². The van der Waals surface area contributed by atoms with E-state index in [0.29, 0.717) is 26.4 Å². The third-order valence-electron chi connectivity index (χ3n) is 3.35. The average Bonchev–Trinajstić information content (AvgIpc) is 2.45. The van der Waals surface area contributed by atoms with Gasteiger partial charge in [0.15, 0.2) is 0 Å². The minimum Gasteiger partial charge on any atom is -0.378 e. The number of amides is 1. The van der Waals surface area contributed by atoms with E-state index in [-0.39, 0.29) is 11.3 Å². The Morgan fingerprint density at radius 3 is 2.33 bits per heavy atom. The summed E-state index contributed by atoms with van der Waals surface area (Å²) in [5.74, 6) is 0.0540. The lowest BCUT2D eigenvalue weighted by Crippen LogP contribution is -2.44. The minimum atomic E-state index is -0.340. The molecular weight excluding hydrogens is 270 g/mol. The van der Waals surface area contributed by atoms with E-state index in [9.17, 15) is 4.79 Å². The van der Waals surface area contributed by atoms with Crippen LogP contribution in [-0.4, -0.2) is 76.5 Å². The van der Waals surface area contributed by atoms with E-state index >= 15 is 0 Å². The van der Waals surface area contributed by atoms with Crippen molar-refractivity contribution in [2.75, 3.05) is 65.7 Å². The molecule has 1 saturated heterocycles. The molecule has 0 bridgehead atoms. The van der Waals surface area contributed by atoms with Gasteiger partial charge in [-0.1, -0.05) is 20.8 Å². The lowest BCUT2D eigenvalue weighted by molar-refractivity contribution is -0.128.